The lowest BCUT2D eigenvalue weighted by Crippen LogP contribution is -2.31. The zero-order valence-electron chi connectivity index (χ0n) is 13.0. The first-order valence-corrected chi connectivity index (χ1v) is 7.25. The van der Waals surface area contributed by atoms with Crippen molar-refractivity contribution in [3.63, 3.8) is 0 Å². The van der Waals surface area contributed by atoms with Gasteiger partial charge in [-0.2, -0.15) is 15.0 Å². The molecule has 0 aromatic carbocycles. The average Bonchev–Trinajstić information content (AvgIpc) is 2.41. The molecule has 0 aliphatic rings. The number of aromatic nitrogens is 3. The van der Waals surface area contributed by atoms with E-state index in [2.05, 4.69) is 15.0 Å². The lowest BCUT2D eigenvalue weighted by atomic mass is 10.4. The van der Waals surface area contributed by atoms with Crippen LogP contribution in [0.1, 0.15) is 20.3 Å². The van der Waals surface area contributed by atoms with Crippen LogP contribution in [0.3, 0.4) is 0 Å². The Morgan fingerprint density at radius 2 is 1.76 bits per heavy atom. The third-order valence-electron chi connectivity index (χ3n) is 2.54. The molecule has 0 bridgehead atoms. The van der Waals surface area contributed by atoms with Crippen LogP contribution in [0.4, 0.5) is 5.95 Å². The fourth-order valence-corrected chi connectivity index (χ4v) is 1.79. The van der Waals surface area contributed by atoms with Crippen LogP contribution in [0.25, 0.3) is 0 Å². The van der Waals surface area contributed by atoms with Gasteiger partial charge in [0.25, 0.3) is 0 Å². The first-order valence-electron chi connectivity index (χ1n) is 6.88. The summed E-state index contributed by atoms with van der Waals surface area (Å²) in [5.74, 6) is 0.485. The van der Waals surface area contributed by atoms with E-state index in [1.807, 2.05) is 18.7 Å². The Hall–Kier alpha value is -1.18. The number of hydrogen-bond acceptors (Lipinski definition) is 7. The molecular weight excluding hydrogens is 296 g/mol. The molecule has 0 aliphatic carbocycles. The molecule has 1 aromatic rings. The molecule has 1 rings (SSSR count). The van der Waals surface area contributed by atoms with Crippen molar-refractivity contribution in [1.29, 1.82) is 0 Å². The van der Waals surface area contributed by atoms with Crippen molar-refractivity contribution in [3.05, 3.63) is 5.28 Å². The van der Waals surface area contributed by atoms with Gasteiger partial charge in [0.2, 0.25) is 11.2 Å². The second kappa shape index (κ2) is 9.70. The molecule has 7 nitrogen and oxygen atoms in total. The van der Waals surface area contributed by atoms with E-state index in [1.165, 1.54) is 0 Å². The number of nitrogens with zero attached hydrogens (tertiary/aromatic N) is 4. The minimum absolute atomic E-state index is 0.0303. The summed E-state index contributed by atoms with van der Waals surface area (Å²) >= 11 is 5.95. The first kappa shape index (κ1) is 17.9. The lowest BCUT2D eigenvalue weighted by Gasteiger charge is -2.22. The van der Waals surface area contributed by atoms with Crippen LogP contribution in [-0.4, -0.2) is 61.6 Å². The molecule has 0 saturated heterocycles. The van der Waals surface area contributed by atoms with Crippen LogP contribution in [0.2, 0.25) is 5.28 Å². The van der Waals surface area contributed by atoms with Gasteiger partial charge in [0, 0.05) is 33.9 Å². The minimum atomic E-state index is -0.0303. The molecule has 1 heterocycles. The molecule has 0 saturated carbocycles. The molecule has 0 aliphatic heterocycles. The fraction of sp³-hybridized carbons (Fsp3) is 0.769. The number of methoxy groups -OCH3 is 2. The van der Waals surface area contributed by atoms with Gasteiger partial charge >= 0.3 is 6.01 Å². The van der Waals surface area contributed by atoms with E-state index >= 15 is 0 Å². The Kier molecular flexibility index (Phi) is 8.26. The van der Waals surface area contributed by atoms with Crippen LogP contribution in [-0.2, 0) is 9.47 Å². The molecule has 0 atom stereocenters. The van der Waals surface area contributed by atoms with Crippen molar-refractivity contribution in [2.45, 2.75) is 26.4 Å². The van der Waals surface area contributed by atoms with E-state index in [0.29, 0.717) is 25.7 Å². The Morgan fingerprint density at radius 1 is 1.05 bits per heavy atom. The standard InChI is InChI=1S/C13H23ClN4O3/c1-10(2)21-13-16-11(14)15-12(17-13)18(7-9-20-4)6-5-8-19-3/h10H,5-9H2,1-4H3. The van der Waals surface area contributed by atoms with Crippen molar-refractivity contribution < 1.29 is 14.2 Å². The summed E-state index contributed by atoms with van der Waals surface area (Å²) in [4.78, 5) is 14.4. The number of ether oxygens (including phenoxy) is 3. The Balaban J connectivity index is 2.85. The molecule has 0 spiro atoms. The number of anilines is 1. The Labute approximate surface area is 130 Å². The number of rotatable bonds is 10. The molecule has 0 N–H and O–H groups in total. The SMILES string of the molecule is COCCCN(CCOC)c1nc(Cl)nc(OC(C)C)n1. The maximum atomic E-state index is 5.95. The normalized spacial score (nSPS) is 11.0. The van der Waals surface area contributed by atoms with Crippen LogP contribution >= 0.6 is 11.6 Å². The fourth-order valence-electron chi connectivity index (χ4n) is 1.64. The van der Waals surface area contributed by atoms with Gasteiger partial charge in [0.05, 0.1) is 12.7 Å². The molecule has 8 heteroatoms. The van der Waals surface area contributed by atoms with Gasteiger partial charge in [-0.3, -0.25) is 0 Å². The van der Waals surface area contributed by atoms with Crippen molar-refractivity contribution in [2.75, 3.05) is 45.4 Å². The highest BCUT2D eigenvalue weighted by Crippen LogP contribution is 2.16. The Bertz CT molecular complexity index is 420. The van der Waals surface area contributed by atoms with E-state index in [-0.39, 0.29) is 17.4 Å². The predicted octanol–water partition coefficient (Wildman–Crippen LogP) is 1.80. The van der Waals surface area contributed by atoms with Gasteiger partial charge in [-0.25, -0.2) is 0 Å². The molecular formula is C13H23ClN4O3. The summed E-state index contributed by atoms with van der Waals surface area (Å²) in [5.41, 5.74) is 0. The molecule has 0 amide bonds. The topological polar surface area (TPSA) is 69.6 Å². The second-order valence-electron chi connectivity index (χ2n) is 4.68. The van der Waals surface area contributed by atoms with Crippen molar-refractivity contribution >= 4 is 17.5 Å². The van der Waals surface area contributed by atoms with Crippen molar-refractivity contribution in [2.24, 2.45) is 0 Å². The maximum absolute atomic E-state index is 5.95. The van der Waals surface area contributed by atoms with Gasteiger partial charge in [0.15, 0.2) is 0 Å². The quantitative estimate of drug-likeness (QED) is 0.609. The van der Waals surface area contributed by atoms with E-state index < -0.39 is 0 Å². The third-order valence-corrected chi connectivity index (χ3v) is 2.71. The zero-order chi connectivity index (χ0) is 15.7. The monoisotopic (exact) mass is 318 g/mol. The highest BCUT2D eigenvalue weighted by molar-refractivity contribution is 6.28. The average molecular weight is 319 g/mol. The van der Waals surface area contributed by atoms with E-state index in [9.17, 15) is 0 Å². The molecule has 0 unspecified atom stereocenters. The summed E-state index contributed by atoms with van der Waals surface area (Å²) in [5, 5.41) is 0.116. The highest BCUT2D eigenvalue weighted by Gasteiger charge is 2.14. The molecule has 0 fully saturated rings. The van der Waals surface area contributed by atoms with Crippen molar-refractivity contribution in [3.8, 4) is 6.01 Å². The Morgan fingerprint density at radius 3 is 2.38 bits per heavy atom. The van der Waals surface area contributed by atoms with Gasteiger partial charge < -0.3 is 19.1 Å². The van der Waals surface area contributed by atoms with Crippen LogP contribution in [0.5, 0.6) is 6.01 Å². The molecule has 120 valence electrons. The summed E-state index contributed by atoms with van der Waals surface area (Å²) in [6.07, 6.45) is 0.821. The maximum Gasteiger partial charge on any atom is 0.322 e. The van der Waals surface area contributed by atoms with Crippen LogP contribution < -0.4 is 9.64 Å². The van der Waals surface area contributed by atoms with Crippen LogP contribution in [0.15, 0.2) is 0 Å². The van der Waals surface area contributed by atoms with E-state index in [0.717, 1.165) is 13.0 Å². The largest absolute Gasteiger partial charge is 0.461 e. The summed E-state index contributed by atoms with van der Waals surface area (Å²) < 4.78 is 15.7. The summed E-state index contributed by atoms with van der Waals surface area (Å²) in [7, 11) is 3.33. The zero-order valence-corrected chi connectivity index (χ0v) is 13.8. The summed E-state index contributed by atoms with van der Waals surface area (Å²) in [6, 6.07) is 0.231. The highest BCUT2D eigenvalue weighted by atomic mass is 35.5. The summed E-state index contributed by atoms with van der Waals surface area (Å²) in [6.45, 7) is 6.42. The molecule has 1 aromatic heterocycles. The second-order valence-corrected chi connectivity index (χ2v) is 5.02. The molecule has 21 heavy (non-hydrogen) atoms. The van der Waals surface area contributed by atoms with Gasteiger partial charge in [-0.1, -0.05) is 0 Å². The van der Waals surface area contributed by atoms with Crippen molar-refractivity contribution in [1.82, 2.24) is 15.0 Å². The van der Waals surface area contributed by atoms with Gasteiger partial charge in [-0.05, 0) is 31.9 Å². The van der Waals surface area contributed by atoms with E-state index in [1.54, 1.807) is 14.2 Å². The number of halogens is 1. The predicted molar refractivity (Wildman–Crippen MR) is 81.2 cm³/mol. The van der Waals surface area contributed by atoms with Gasteiger partial charge in [0.1, 0.15) is 0 Å². The third kappa shape index (κ3) is 6.88. The first-order chi connectivity index (χ1) is 10.1. The van der Waals surface area contributed by atoms with Crippen LogP contribution in [0, 0.1) is 0 Å². The van der Waals surface area contributed by atoms with Gasteiger partial charge in [-0.15, -0.1) is 0 Å². The molecule has 0 radical (unpaired) electrons. The smallest absolute Gasteiger partial charge is 0.322 e. The number of hydrogen-bond donors (Lipinski definition) is 0. The lowest BCUT2D eigenvalue weighted by molar-refractivity contribution is 0.190. The minimum Gasteiger partial charge on any atom is -0.461 e. The van der Waals surface area contributed by atoms with E-state index in [4.69, 9.17) is 25.8 Å².